The molecule has 4 aromatic rings. The number of hydrogen-bond donors (Lipinski definition) is 2. The predicted octanol–water partition coefficient (Wildman–Crippen LogP) is 3.11. The van der Waals surface area contributed by atoms with Crippen molar-refractivity contribution < 1.29 is 0 Å². The molecular formula is C21H20N8. The molecule has 0 atom stereocenters. The topological polar surface area (TPSA) is 110 Å². The number of anilines is 1. The minimum atomic E-state index is -0.512. The van der Waals surface area contributed by atoms with E-state index in [1.165, 1.54) is 0 Å². The fourth-order valence-corrected chi connectivity index (χ4v) is 4.18. The van der Waals surface area contributed by atoms with Crippen molar-refractivity contribution in [1.82, 2.24) is 30.1 Å². The highest BCUT2D eigenvalue weighted by molar-refractivity contribution is 5.82. The summed E-state index contributed by atoms with van der Waals surface area (Å²) in [4.78, 5) is 18.2. The summed E-state index contributed by atoms with van der Waals surface area (Å²) < 4.78 is 0. The van der Waals surface area contributed by atoms with Crippen LogP contribution in [0.2, 0.25) is 0 Å². The number of aromatic nitrogens is 6. The molecule has 1 saturated heterocycles. The van der Waals surface area contributed by atoms with E-state index in [0.717, 1.165) is 65.3 Å². The lowest BCUT2D eigenvalue weighted by Gasteiger charge is -2.38. The fraction of sp³-hybridized carbons (Fsp3) is 0.286. The third-order valence-corrected chi connectivity index (χ3v) is 5.89. The Labute approximate surface area is 167 Å². The Morgan fingerprint density at radius 3 is 2.79 bits per heavy atom. The van der Waals surface area contributed by atoms with Gasteiger partial charge in [-0.2, -0.15) is 10.4 Å². The van der Waals surface area contributed by atoms with Crippen LogP contribution < -0.4 is 4.90 Å². The van der Waals surface area contributed by atoms with Crippen LogP contribution in [0.5, 0.6) is 0 Å². The van der Waals surface area contributed by atoms with Crippen LogP contribution >= 0.6 is 0 Å². The van der Waals surface area contributed by atoms with Gasteiger partial charge in [0, 0.05) is 24.8 Å². The number of nitrogens with one attached hydrogen (secondary N) is 2. The molecule has 2 N–H and O–H groups in total. The number of benzene rings is 1. The lowest BCUT2D eigenvalue weighted by atomic mass is 9.73. The van der Waals surface area contributed by atoms with Crippen LogP contribution in [0, 0.1) is 18.3 Å². The van der Waals surface area contributed by atoms with Crippen molar-refractivity contribution in [2.75, 3.05) is 18.0 Å². The van der Waals surface area contributed by atoms with E-state index >= 15 is 0 Å². The molecule has 0 aliphatic carbocycles. The summed E-state index contributed by atoms with van der Waals surface area (Å²) >= 11 is 0. The zero-order valence-electron chi connectivity index (χ0n) is 16.1. The summed E-state index contributed by atoms with van der Waals surface area (Å²) in [5.41, 5.74) is 5.16. The molecule has 0 amide bonds. The summed E-state index contributed by atoms with van der Waals surface area (Å²) in [6.07, 6.45) is 6.55. The smallest absolute Gasteiger partial charge is 0.162 e. The van der Waals surface area contributed by atoms with Crippen molar-refractivity contribution in [3.8, 4) is 17.2 Å². The van der Waals surface area contributed by atoms with Crippen LogP contribution in [0.25, 0.3) is 22.3 Å². The van der Waals surface area contributed by atoms with Crippen molar-refractivity contribution >= 4 is 17.0 Å². The molecule has 8 heteroatoms. The Balaban J connectivity index is 1.44. The van der Waals surface area contributed by atoms with Gasteiger partial charge in [0.25, 0.3) is 0 Å². The van der Waals surface area contributed by atoms with E-state index in [2.05, 4.69) is 59.3 Å². The number of piperidine rings is 1. The Morgan fingerprint density at radius 2 is 2.03 bits per heavy atom. The van der Waals surface area contributed by atoms with Gasteiger partial charge < -0.3 is 9.88 Å². The number of aryl methyl sites for hydroxylation is 1. The number of rotatable bonds is 3. The van der Waals surface area contributed by atoms with Gasteiger partial charge in [0.2, 0.25) is 0 Å². The van der Waals surface area contributed by atoms with E-state index in [-0.39, 0.29) is 0 Å². The summed E-state index contributed by atoms with van der Waals surface area (Å²) in [7, 11) is 0. The Morgan fingerprint density at radius 1 is 1.17 bits per heavy atom. The van der Waals surface area contributed by atoms with Gasteiger partial charge in [-0.15, -0.1) is 0 Å². The minimum Gasteiger partial charge on any atom is -0.355 e. The third kappa shape index (κ3) is 2.83. The first-order valence-electron chi connectivity index (χ1n) is 9.62. The Hall–Kier alpha value is -3.73. The molecule has 5 rings (SSSR count). The molecule has 1 aliphatic rings. The molecule has 0 saturated carbocycles. The molecule has 8 nitrogen and oxygen atoms in total. The largest absolute Gasteiger partial charge is 0.355 e. The van der Waals surface area contributed by atoms with Gasteiger partial charge in [0.15, 0.2) is 11.5 Å². The first kappa shape index (κ1) is 17.4. The quantitative estimate of drug-likeness (QED) is 0.561. The monoisotopic (exact) mass is 384 g/mol. The van der Waals surface area contributed by atoms with Gasteiger partial charge >= 0.3 is 0 Å². The normalized spacial score (nSPS) is 16.1. The van der Waals surface area contributed by atoms with Crippen molar-refractivity contribution in [3.05, 3.63) is 54.4 Å². The van der Waals surface area contributed by atoms with E-state index in [1.54, 1.807) is 12.7 Å². The molecule has 0 spiro atoms. The van der Waals surface area contributed by atoms with E-state index in [1.807, 2.05) is 19.2 Å². The maximum absolute atomic E-state index is 10.1. The maximum atomic E-state index is 10.1. The van der Waals surface area contributed by atoms with Gasteiger partial charge in [-0.05, 0) is 37.0 Å². The van der Waals surface area contributed by atoms with Gasteiger partial charge in [-0.3, -0.25) is 5.10 Å². The van der Waals surface area contributed by atoms with Crippen molar-refractivity contribution in [2.45, 2.75) is 25.2 Å². The zero-order chi connectivity index (χ0) is 19.8. The van der Waals surface area contributed by atoms with Gasteiger partial charge in [-0.1, -0.05) is 18.2 Å². The van der Waals surface area contributed by atoms with Crippen LogP contribution in [0.15, 0.2) is 43.1 Å². The molecule has 0 unspecified atom stereocenters. The molecule has 29 heavy (non-hydrogen) atoms. The van der Waals surface area contributed by atoms with Crippen LogP contribution in [-0.4, -0.2) is 43.2 Å². The maximum Gasteiger partial charge on any atom is 0.162 e. The number of hydrogen-bond acceptors (Lipinski definition) is 6. The average molecular weight is 384 g/mol. The molecule has 1 aliphatic heterocycles. The van der Waals surface area contributed by atoms with Gasteiger partial charge in [-0.25, -0.2) is 15.0 Å². The average Bonchev–Trinajstić information content (AvgIpc) is 3.42. The number of aromatic amines is 2. The molecular weight excluding hydrogens is 364 g/mol. The molecule has 1 fully saturated rings. The van der Waals surface area contributed by atoms with Crippen molar-refractivity contribution in [3.63, 3.8) is 0 Å². The van der Waals surface area contributed by atoms with Crippen molar-refractivity contribution in [2.24, 2.45) is 0 Å². The summed E-state index contributed by atoms with van der Waals surface area (Å²) in [6.45, 7) is 3.46. The third-order valence-electron chi connectivity index (χ3n) is 5.89. The number of imidazole rings is 1. The highest BCUT2D eigenvalue weighted by atomic mass is 15.2. The number of nitriles is 1. The molecule has 4 heterocycles. The summed E-state index contributed by atoms with van der Waals surface area (Å²) in [5.74, 6) is 0.825. The van der Waals surface area contributed by atoms with E-state index in [9.17, 15) is 5.26 Å². The first-order chi connectivity index (χ1) is 14.2. The second-order valence-corrected chi connectivity index (χ2v) is 7.44. The SMILES string of the molecule is Cc1n[nH]cc1-c1cccc(C2(C#N)CCN(c3ncnc4[nH]cnc34)CC2)c1. The molecule has 0 radical (unpaired) electrons. The minimum absolute atomic E-state index is 0.512. The highest BCUT2D eigenvalue weighted by Crippen LogP contribution is 2.38. The predicted molar refractivity (Wildman–Crippen MR) is 109 cm³/mol. The number of H-pyrrole nitrogens is 2. The summed E-state index contributed by atoms with van der Waals surface area (Å²) in [5, 5.41) is 17.3. The number of fused-ring (bicyclic) bond motifs is 1. The van der Waals surface area contributed by atoms with E-state index in [0.29, 0.717) is 0 Å². The standard InChI is InChI=1S/C21H20N8/c1-14-17(10-27-28-14)15-3-2-4-16(9-15)21(11-22)5-7-29(8-6-21)20-18-19(24-12-23-18)25-13-26-20/h2-4,9-10,12-13H,5-8H2,1H3,(H,27,28)(H,23,24,25,26). The second kappa shape index (κ2) is 6.71. The second-order valence-electron chi connectivity index (χ2n) is 7.44. The van der Waals surface area contributed by atoms with Crippen molar-refractivity contribution in [1.29, 1.82) is 5.26 Å². The van der Waals surface area contributed by atoms with Crippen LogP contribution in [0.1, 0.15) is 24.1 Å². The summed E-state index contributed by atoms with van der Waals surface area (Å²) in [6, 6.07) is 10.9. The van der Waals surface area contributed by atoms with Gasteiger partial charge in [0.05, 0.1) is 23.5 Å². The lowest BCUT2D eigenvalue weighted by molar-refractivity contribution is 0.414. The molecule has 1 aromatic carbocycles. The molecule has 144 valence electrons. The zero-order valence-corrected chi connectivity index (χ0v) is 16.1. The van der Waals surface area contributed by atoms with Crippen LogP contribution in [0.4, 0.5) is 5.82 Å². The lowest BCUT2D eigenvalue weighted by Crippen LogP contribution is -2.42. The molecule has 3 aromatic heterocycles. The molecule has 0 bridgehead atoms. The number of nitrogens with zero attached hydrogens (tertiary/aromatic N) is 6. The van der Waals surface area contributed by atoms with Crippen LogP contribution in [0.3, 0.4) is 0 Å². The van der Waals surface area contributed by atoms with Crippen LogP contribution in [-0.2, 0) is 5.41 Å². The first-order valence-corrected chi connectivity index (χ1v) is 9.62. The fourth-order valence-electron chi connectivity index (χ4n) is 4.18. The Kier molecular flexibility index (Phi) is 4.02. The van der Waals surface area contributed by atoms with E-state index < -0.39 is 5.41 Å². The Bertz CT molecular complexity index is 1210. The van der Waals surface area contributed by atoms with E-state index in [4.69, 9.17) is 0 Å². The van der Waals surface area contributed by atoms with Gasteiger partial charge in [0.1, 0.15) is 11.8 Å². The highest BCUT2D eigenvalue weighted by Gasteiger charge is 2.37.